The van der Waals surface area contributed by atoms with Crippen LogP contribution in [0.4, 0.5) is 0 Å². The Balaban J connectivity index is -0.000000211. The van der Waals surface area contributed by atoms with Gasteiger partial charge in [0.1, 0.15) is 0 Å². The first-order valence-corrected chi connectivity index (χ1v) is 10.3. The molecule has 0 amide bonds. The molecule has 0 spiro atoms. The van der Waals surface area contributed by atoms with Gasteiger partial charge in [-0.1, -0.05) is 0 Å². The van der Waals surface area contributed by atoms with E-state index in [0.717, 1.165) is 0 Å². The van der Waals surface area contributed by atoms with Gasteiger partial charge in [-0.15, -0.1) is 0 Å². The molecule has 18 heteroatoms. The SMILES string of the molecule is O=C(O)CCC(O)CCOS(=O)(=O)[O-].O=C(O)CCC(O)CCOS(=O)(=O)[O-].[Na+].[Na+]. The Morgan fingerprint density at radius 3 is 1.17 bits per heavy atom. The Labute approximate surface area is 218 Å². The predicted molar refractivity (Wildman–Crippen MR) is 86.3 cm³/mol. The molecule has 2 unspecified atom stereocenters. The van der Waals surface area contributed by atoms with Crippen molar-refractivity contribution in [2.24, 2.45) is 0 Å². The third kappa shape index (κ3) is 36.0. The molecule has 0 heterocycles. The van der Waals surface area contributed by atoms with E-state index in [1.807, 2.05) is 0 Å². The molecule has 0 rings (SSSR count). The van der Waals surface area contributed by atoms with Gasteiger partial charge >= 0.3 is 71.1 Å². The number of rotatable bonds is 14. The second-order valence-electron chi connectivity index (χ2n) is 5.21. The van der Waals surface area contributed by atoms with Crippen LogP contribution in [0, 0.1) is 0 Å². The molecular formula is C12H22Na2O14S2. The van der Waals surface area contributed by atoms with Crippen molar-refractivity contribution >= 4 is 32.7 Å². The zero-order chi connectivity index (χ0) is 22.4. The van der Waals surface area contributed by atoms with Crippen LogP contribution in [0.2, 0.25) is 0 Å². The third-order valence-corrected chi connectivity index (χ3v) is 3.65. The van der Waals surface area contributed by atoms with E-state index in [2.05, 4.69) is 8.37 Å². The van der Waals surface area contributed by atoms with Crippen LogP contribution in [0.3, 0.4) is 0 Å². The minimum Gasteiger partial charge on any atom is -0.726 e. The van der Waals surface area contributed by atoms with E-state index in [-0.39, 0.29) is 97.6 Å². The number of aliphatic hydroxyl groups excluding tert-OH is 2. The maximum Gasteiger partial charge on any atom is 1.00 e. The van der Waals surface area contributed by atoms with Crippen molar-refractivity contribution in [1.82, 2.24) is 0 Å². The number of aliphatic carboxylic acids is 2. The molecule has 2 atom stereocenters. The predicted octanol–water partition coefficient (Wildman–Crippen LogP) is -7.83. The molecule has 0 bridgehead atoms. The van der Waals surface area contributed by atoms with Gasteiger partial charge < -0.3 is 29.5 Å². The largest absolute Gasteiger partial charge is 1.00 e. The number of hydrogen-bond acceptors (Lipinski definition) is 12. The van der Waals surface area contributed by atoms with Crippen molar-refractivity contribution in [2.75, 3.05) is 13.2 Å². The van der Waals surface area contributed by atoms with Crippen molar-refractivity contribution in [3.05, 3.63) is 0 Å². The summed E-state index contributed by atoms with van der Waals surface area (Å²) in [5.74, 6) is -2.11. The van der Waals surface area contributed by atoms with Gasteiger partial charge in [-0.05, 0) is 25.7 Å². The van der Waals surface area contributed by atoms with Gasteiger partial charge in [-0.25, -0.2) is 16.8 Å². The molecule has 30 heavy (non-hydrogen) atoms. The molecule has 0 aliphatic heterocycles. The molecule has 0 radical (unpaired) electrons. The van der Waals surface area contributed by atoms with Crippen molar-refractivity contribution in [3.8, 4) is 0 Å². The Hall–Kier alpha value is 0.600. The maximum atomic E-state index is 10.0. The summed E-state index contributed by atoms with van der Waals surface area (Å²) in [6.07, 6.45) is -2.57. The summed E-state index contributed by atoms with van der Waals surface area (Å²) in [7, 11) is -9.46. The zero-order valence-corrected chi connectivity index (χ0v) is 22.1. The molecule has 0 aromatic heterocycles. The Bertz CT molecular complexity index is 608. The molecule has 0 saturated carbocycles. The van der Waals surface area contributed by atoms with Crippen molar-refractivity contribution in [3.63, 3.8) is 0 Å². The van der Waals surface area contributed by atoms with Crippen LogP contribution in [-0.4, -0.2) is 83.7 Å². The van der Waals surface area contributed by atoms with E-state index in [0.29, 0.717) is 0 Å². The Kier molecular flexibility index (Phi) is 25.5. The fraction of sp³-hybridized carbons (Fsp3) is 0.833. The van der Waals surface area contributed by atoms with Gasteiger partial charge in [0.25, 0.3) is 0 Å². The van der Waals surface area contributed by atoms with Crippen molar-refractivity contribution in [2.45, 2.75) is 50.7 Å². The van der Waals surface area contributed by atoms with Crippen molar-refractivity contribution < 1.29 is 123 Å². The van der Waals surface area contributed by atoms with Gasteiger partial charge in [0.2, 0.25) is 20.8 Å². The van der Waals surface area contributed by atoms with E-state index < -0.39 is 58.2 Å². The molecule has 168 valence electrons. The molecule has 14 nitrogen and oxygen atoms in total. The summed E-state index contributed by atoms with van der Waals surface area (Å²) in [5, 5.41) is 34.6. The van der Waals surface area contributed by atoms with E-state index in [1.165, 1.54) is 0 Å². The second-order valence-corrected chi connectivity index (χ2v) is 7.31. The normalized spacial score (nSPS) is 12.9. The number of aliphatic hydroxyl groups is 2. The van der Waals surface area contributed by atoms with Crippen LogP contribution >= 0.6 is 0 Å². The molecule has 0 aromatic carbocycles. The number of carbonyl (C=O) groups is 2. The van der Waals surface area contributed by atoms with Gasteiger partial charge in [-0.2, -0.15) is 0 Å². The van der Waals surface area contributed by atoms with E-state index in [1.54, 1.807) is 0 Å². The first-order valence-electron chi connectivity index (χ1n) is 7.62. The Morgan fingerprint density at radius 1 is 0.700 bits per heavy atom. The Morgan fingerprint density at radius 2 is 0.967 bits per heavy atom. The quantitative estimate of drug-likeness (QED) is 0.0982. The molecule has 0 fully saturated rings. The molecule has 0 aliphatic rings. The fourth-order valence-corrected chi connectivity index (χ4v) is 2.04. The first kappa shape index (κ1) is 37.9. The van der Waals surface area contributed by atoms with Crippen molar-refractivity contribution in [1.29, 1.82) is 0 Å². The van der Waals surface area contributed by atoms with Crippen LogP contribution in [0.15, 0.2) is 0 Å². The smallest absolute Gasteiger partial charge is 0.726 e. The summed E-state index contributed by atoms with van der Waals surface area (Å²) in [5.41, 5.74) is 0. The molecule has 0 aliphatic carbocycles. The molecule has 4 N–H and O–H groups in total. The minimum atomic E-state index is -4.73. The summed E-state index contributed by atoms with van der Waals surface area (Å²) in [4.78, 5) is 20.1. The number of carboxylic acid groups (broad SMARTS) is 2. The topological polar surface area (TPSA) is 248 Å². The van der Waals surface area contributed by atoms with Crippen LogP contribution in [0.25, 0.3) is 0 Å². The number of carboxylic acids is 2. The fourth-order valence-electron chi connectivity index (χ4n) is 1.44. The third-order valence-electron chi connectivity index (χ3n) is 2.74. The number of hydrogen-bond donors (Lipinski definition) is 4. The van der Waals surface area contributed by atoms with Gasteiger partial charge in [0, 0.05) is 12.8 Å². The van der Waals surface area contributed by atoms with Gasteiger partial charge in [0.15, 0.2) is 0 Å². The molecular weight excluding hydrogens is 478 g/mol. The second kappa shape index (κ2) is 20.2. The van der Waals surface area contributed by atoms with E-state index in [9.17, 15) is 35.5 Å². The molecule has 0 aromatic rings. The van der Waals surface area contributed by atoms with Gasteiger partial charge in [0.05, 0.1) is 25.4 Å². The summed E-state index contributed by atoms with van der Waals surface area (Å²) in [6.45, 7) is -0.876. The average Bonchev–Trinajstić information content (AvgIpc) is 2.49. The standard InChI is InChI=1S/2C6H12O7S.2Na/c2*7-5(1-2-6(8)9)3-4-13-14(10,11)12;;/h2*5,7H,1-4H2,(H,8,9)(H,10,11,12);;/q;;2*+1/p-2. The van der Waals surface area contributed by atoms with Crippen LogP contribution in [0.5, 0.6) is 0 Å². The van der Waals surface area contributed by atoms with Crippen LogP contribution in [-0.2, 0) is 38.8 Å². The zero-order valence-electron chi connectivity index (χ0n) is 16.5. The first-order chi connectivity index (χ1) is 12.6. The van der Waals surface area contributed by atoms with E-state index >= 15 is 0 Å². The van der Waals surface area contributed by atoms with Crippen LogP contribution in [0.1, 0.15) is 38.5 Å². The van der Waals surface area contributed by atoms with E-state index in [4.69, 9.17) is 20.4 Å². The molecule has 0 saturated heterocycles. The minimum absolute atomic E-state index is 0. The summed E-state index contributed by atoms with van der Waals surface area (Å²) >= 11 is 0. The monoisotopic (exact) mass is 500 g/mol. The maximum absolute atomic E-state index is 10.0. The van der Waals surface area contributed by atoms with Crippen LogP contribution < -0.4 is 59.1 Å². The average molecular weight is 500 g/mol. The van der Waals surface area contributed by atoms with Gasteiger partial charge in [-0.3, -0.25) is 18.0 Å². The summed E-state index contributed by atoms with van der Waals surface area (Å²) < 4.78 is 67.2. The summed E-state index contributed by atoms with van der Waals surface area (Å²) in [6, 6.07) is 0.